The Morgan fingerprint density at radius 3 is 1.64 bits per heavy atom. The van der Waals surface area contributed by atoms with E-state index in [1.54, 1.807) is 0 Å². The molecule has 0 aliphatic rings. The van der Waals surface area contributed by atoms with Crippen molar-refractivity contribution in [2.24, 2.45) is 0 Å². The van der Waals surface area contributed by atoms with Crippen LogP contribution in [0.15, 0.2) is 54.9 Å². The maximum Gasteiger partial charge on any atom is 0.338 e. The monoisotopic (exact) mass is 519 g/mol. The van der Waals surface area contributed by atoms with E-state index < -0.39 is 0 Å². The lowest BCUT2D eigenvalue weighted by atomic mass is 10.0. The van der Waals surface area contributed by atoms with Gasteiger partial charge in [-0.15, -0.1) is 0 Å². The summed E-state index contributed by atoms with van der Waals surface area (Å²) >= 11 is 0. The summed E-state index contributed by atoms with van der Waals surface area (Å²) in [6, 6.07) is 12.3. The fourth-order valence-corrected chi connectivity index (χ4v) is 3.95. The second-order valence-corrected chi connectivity index (χ2v) is 9.39. The largest absolute Gasteiger partial charge is 1.00 e. The molecule has 0 atom stereocenters. The Labute approximate surface area is 226 Å². The number of rotatable bonds is 18. The zero-order valence-electron chi connectivity index (χ0n) is 22.8. The molecule has 0 aliphatic carbocycles. The summed E-state index contributed by atoms with van der Waals surface area (Å²) in [6.07, 6.45) is 25.2. The molecule has 0 saturated carbocycles. The van der Waals surface area contributed by atoms with Gasteiger partial charge in [-0.2, -0.15) is 0 Å². The number of hydrogen-bond acceptors (Lipinski definition) is 3. The predicted molar refractivity (Wildman–Crippen MR) is 146 cm³/mol. The quantitative estimate of drug-likeness (QED) is 0.162. The minimum absolute atomic E-state index is 0. The molecule has 1 aromatic heterocycles. The van der Waals surface area contributed by atoms with Gasteiger partial charge >= 0.3 is 5.97 Å². The topological polar surface area (TPSA) is 50.4 Å². The number of aromatic hydroxyl groups is 1. The van der Waals surface area contributed by atoms with Gasteiger partial charge in [-0.3, -0.25) is 0 Å². The fraction of sp³-hybridized carbons (Fsp3) is 0.613. The molecule has 0 aliphatic heterocycles. The molecule has 0 unspecified atom stereocenters. The lowest BCUT2D eigenvalue weighted by Gasteiger charge is -2.02. The first-order valence-corrected chi connectivity index (χ1v) is 14.1. The van der Waals surface area contributed by atoms with Gasteiger partial charge in [-0.05, 0) is 37.1 Å². The van der Waals surface area contributed by atoms with E-state index >= 15 is 0 Å². The Kier molecular flexibility index (Phi) is 23.2. The van der Waals surface area contributed by atoms with E-state index in [1.807, 2.05) is 6.92 Å². The Hall–Kier alpha value is -2.07. The highest BCUT2D eigenvalue weighted by atomic mass is 35.5. The second kappa shape index (κ2) is 24.6. The number of esters is 1. The van der Waals surface area contributed by atoms with Gasteiger partial charge in [0.2, 0.25) is 0 Å². The molecular weight excluding hydrogens is 470 g/mol. The van der Waals surface area contributed by atoms with Crippen molar-refractivity contribution in [2.75, 3.05) is 6.61 Å². The number of ether oxygens (including phenoxy) is 1. The van der Waals surface area contributed by atoms with Gasteiger partial charge in [0.25, 0.3) is 0 Å². The smallest absolute Gasteiger partial charge is 0.338 e. The molecule has 0 spiro atoms. The van der Waals surface area contributed by atoms with Crippen molar-refractivity contribution in [3.63, 3.8) is 0 Å². The van der Waals surface area contributed by atoms with Crippen LogP contribution in [-0.4, -0.2) is 17.7 Å². The van der Waals surface area contributed by atoms with Crippen molar-refractivity contribution in [2.45, 2.75) is 117 Å². The number of nitrogens with zero attached hydrogens (tertiary/aromatic N) is 1. The molecule has 1 aromatic carbocycles. The average molecular weight is 520 g/mol. The summed E-state index contributed by atoms with van der Waals surface area (Å²) in [5, 5.41) is 8.96. The van der Waals surface area contributed by atoms with E-state index in [9.17, 15) is 4.79 Å². The third-order valence-electron chi connectivity index (χ3n) is 6.09. The van der Waals surface area contributed by atoms with E-state index in [1.165, 1.54) is 121 Å². The van der Waals surface area contributed by atoms with Crippen LogP contribution in [-0.2, 0) is 11.3 Å². The van der Waals surface area contributed by atoms with Crippen LogP contribution < -0.4 is 17.0 Å². The van der Waals surface area contributed by atoms with Crippen LogP contribution >= 0.6 is 0 Å². The van der Waals surface area contributed by atoms with Gasteiger partial charge in [0, 0.05) is 18.6 Å². The van der Waals surface area contributed by atoms with Gasteiger partial charge in [-0.25, -0.2) is 9.36 Å². The van der Waals surface area contributed by atoms with Crippen molar-refractivity contribution < 1.29 is 31.6 Å². The SMILES string of the molecule is CCCCCCCCCCCCCCCC[n+]1ccccc1.CCCOC(=O)c1ccc(O)cc1.[Cl-]. The Morgan fingerprint density at radius 1 is 0.694 bits per heavy atom. The highest BCUT2D eigenvalue weighted by Gasteiger charge is 2.05. The summed E-state index contributed by atoms with van der Waals surface area (Å²) in [4.78, 5) is 11.2. The van der Waals surface area contributed by atoms with Crippen LogP contribution in [0.2, 0.25) is 0 Å². The standard InChI is InChI=1S/C21H38N.C10H12O3.ClH/c1-2-3-4-5-6-7-8-9-10-11-12-13-14-16-19-22-20-17-15-18-21-22;1-2-7-13-10(12)8-3-5-9(11)6-4-8;/h15,17-18,20-21H,2-14,16,19H2,1H3;3-6,11H,2,7H2,1H3;1H/q+1;;/p-1. The molecule has 0 bridgehead atoms. The van der Waals surface area contributed by atoms with Crippen LogP contribution in [0.1, 0.15) is 121 Å². The van der Waals surface area contributed by atoms with E-state index in [2.05, 4.69) is 42.1 Å². The Balaban J connectivity index is 0.000000748. The fourth-order valence-electron chi connectivity index (χ4n) is 3.95. The van der Waals surface area contributed by atoms with Crippen LogP contribution in [0.4, 0.5) is 0 Å². The number of benzene rings is 1. The van der Waals surface area contributed by atoms with Gasteiger partial charge in [0.1, 0.15) is 12.3 Å². The molecule has 0 amide bonds. The number of phenolic OH excluding ortho intramolecular Hbond substituents is 1. The second-order valence-electron chi connectivity index (χ2n) is 9.39. The minimum Gasteiger partial charge on any atom is -1.00 e. The van der Waals surface area contributed by atoms with Crippen molar-refractivity contribution in [1.29, 1.82) is 0 Å². The summed E-state index contributed by atoms with van der Waals surface area (Å²) in [5.41, 5.74) is 0.464. The van der Waals surface area contributed by atoms with Crippen molar-refractivity contribution >= 4 is 5.97 Å². The summed E-state index contributed by atoms with van der Waals surface area (Å²) in [6.45, 7) is 5.84. The highest BCUT2D eigenvalue weighted by molar-refractivity contribution is 5.89. The zero-order chi connectivity index (χ0) is 25.4. The molecule has 0 radical (unpaired) electrons. The average Bonchev–Trinajstić information content (AvgIpc) is 2.89. The number of aryl methyl sites for hydroxylation is 1. The maximum atomic E-state index is 11.2. The molecule has 1 heterocycles. The third kappa shape index (κ3) is 19.2. The third-order valence-corrected chi connectivity index (χ3v) is 6.09. The number of halogens is 1. The molecule has 0 saturated heterocycles. The molecule has 5 heteroatoms. The van der Waals surface area contributed by atoms with Gasteiger partial charge in [0.05, 0.1) is 12.2 Å². The number of phenols is 1. The zero-order valence-corrected chi connectivity index (χ0v) is 23.6. The van der Waals surface area contributed by atoms with E-state index in [0.29, 0.717) is 12.2 Å². The first kappa shape index (κ1) is 33.9. The van der Waals surface area contributed by atoms with Crippen LogP contribution in [0.5, 0.6) is 5.75 Å². The number of carbonyl (C=O) groups excluding carboxylic acids is 1. The number of aromatic nitrogens is 1. The first-order chi connectivity index (χ1) is 17.2. The van der Waals surface area contributed by atoms with Gasteiger partial charge in [0.15, 0.2) is 12.4 Å². The number of carbonyl (C=O) groups is 1. The minimum atomic E-state index is -0.346. The molecule has 204 valence electrons. The Bertz CT molecular complexity index is 737. The first-order valence-electron chi connectivity index (χ1n) is 14.1. The molecule has 2 rings (SSSR count). The normalized spacial score (nSPS) is 10.2. The van der Waals surface area contributed by atoms with E-state index in [4.69, 9.17) is 9.84 Å². The van der Waals surface area contributed by atoms with Crippen molar-refractivity contribution in [3.05, 3.63) is 60.4 Å². The molecule has 2 aromatic rings. The van der Waals surface area contributed by atoms with Crippen molar-refractivity contribution in [1.82, 2.24) is 0 Å². The molecule has 0 fully saturated rings. The maximum absolute atomic E-state index is 11.2. The van der Waals surface area contributed by atoms with E-state index in [-0.39, 0.29) is 24.1 Å². The van der Waals surface area contributed by atoms with Gasteiger partial charge in [-0.1, -0.05) is 97.0 Å². The summed E-state index contributed by atoms with van der Waals surface area (Å²) < 4.78 is 7.19. The predicted octanol–water partition coefficient (Wildman–Crippen LogP) is 5.42. The highest BCUT2D eigenvalue weighted by Crippen LogP contribution is 2.13. The van der Waals surface area contributed by atoms with Gasteiger partial charge < -0.3 is 22.3 Å². The lowest BCUT2D eigenvalue weighted by molar-refractivity contribution is -0.697. The molecule has 4 nitrogen and oxygen atoms in total. The Morgan fingerprint density at radius 2 is 1.17 bits per heavy atom. The number of pyridine rings is 1. The van der Waals surface area contributed by atoms with Crippen molar-refractivity contribution in [3.8, 4) is 5.75 Å². The molecular formula is C31H50ClNO3. The summed E-state index contributed by atoms with van der Waals surface area (Å²) in [5.74, 6) is -0.200. The van der Waals surface area contributed by atoms with Crippen LogP contribution in [0.3, 0.4) is 0 Å². The number of hydrogen-bond donors (Lipinski definition) is 1. The van der Waals surface area contributed by atoms with E-state index in [0.717, 1.165) is 6.42 Å². The molecule has 36 heavy (non-hydrogen) atoms. The lowest BCUT2D eigenvalue weighted by Crippen LogP contribution is -3.00. The number of unbranched alkanes of at least 4 members (excludes halogenated alkanes) is 13. The molecule has 1 N–H and O–H groups in total. The van der Waals surface area contributed by atoms with Crippen LogP contribution in [0.25, 0.3) is 0 Å². The summed E-state index contributed by atoms with van der Waals surface area (Å²) in [7, 11) is 0. The van der Waals surface area contributed by atoms with Crippen LogP contribution in [0, 0.1) is 0 Å².